The number of thioether (sulfide) groups is 1. The molecule has 2 rings (SSSR count). The van der Waals surface area contributed by atoms with Crippen LogP contribution in [0.25, 0.3) is 0 Å². The molecule has 0 aliphatic heterocycles. The molecule has 24 heavy (non-hydrogen) atoms. The van der Waals surface area contributed by atoms with Crippen LogP contribution in [0.5, 0.6) is 5.75 Å². The largest absolute Gasteiger partial charge is 0.494 e. The van der Waals surface area contributed by atoms with Crippen LogP contribution in [0.15, 0.2) is 45.8 Å². The summed E-state index contributed by atoms with van der Waals surface area (Å²) >= 11 is 4.93. The second-order valence-corrected chi connectivity index (χ2v) is 7.09. The summed E-state index contributed by atoms with van der Waals surface area (Å²) in [6, 6.07) is 11.3. The number of rotatable bonds is 7. The summed E-state index contributed by atoms with van der Waals surface area (Å²) in [7, 11) is 0. The van der Waals surface area contributed by atoms with Gasteiger partial charge in [-0.1, -0.05) is 15.9 Å². The molecule has 0 spiro atoms. The molecule has 0 aliphatic carbocycles. The average Bonchev–Trinajstić information content (AvgIpc) is 2.55. The SMILES string of the molecule is CCOc1ccc(NC(=O)CSc2ccc(Br)cc2C)cc1CO. The van der Waals surface area contributed by atoms with E-state index in [1.165, 1.54) is 11.8 Å². The molecule has 128 valence electrons. The first-order chi connectivity index (χ1) is 11.5. The number of carbonyl (C=O) groups is 1. The lowest BCUT2D eigenvalue weighted by Gasteiger charge is -2.11. The number of halogens is 1. The number of anilines is 1. The van der Waals surface area contributed by atoms with Gasteiger partial charge in [-0.15, -0.1) is 11.8 Å². The maximum atomic E-state index is 12.1. The third kappa shape index (κ3) is 5.26. The van der Waals surface area contributed by atoms with Gasteiger partial charge in [0.2, 0.25) is 5.91 Å². The highest BCUT2D eigenvalue weighted by molar-refractivity contribution is 9.10. The Morgan fingerprint density at radius 2 is 2.08 bits per heavy atom. The van der Waals surface area contributed by atoms with Crippen LogP contribution in [-0.2, 0) is 11.4 Å². The third-order valence-electron chi connectivity index (χ3n) is 3.31. The lowest BCUT2D eigenvalue weighted by atomic mass is 10.2. The number of nitrogens with one attached hydrogen (secondary N) is 1. The standard InChI is InChI=1S/C18H20BrNO3S/c1-3-23-16-6-5-15(9-13(16)10-21)20-18(22)11-24-17-7-4-14(19)8-12(17)2/h4-9,21H,3,10-11H2,1-2H3,(H,20,22). The molecule has 0 heterocycles. The van der Waals surface area contributed by atoms with Crippen molar-refractivity contribution >= 4 is 39.3 Å². The molecule has 0 fully saturated rings. The van der Waals surface area contributed by atoms with Crippen molar-refractivity contribution in [3.8, 4) is 5.75 Å². The Kier molecular flexibility index (Phi) is 7.15. The van der Waals surface area contributed by atoms with E-state index in [1.54, 1.807) is 18.2 Å². The minimum absolute atomic E-state index is 0.0876. The summed E-state index contributed by atoms with van der Waals surface area (Å²) in [4.78, 5) is 13.2. The number of aryl methyl sites for hydroxylation is 1. The minimum Gasteiger partial charge on any atom is -0.494 e. The van der Waals surface area contributed by atoms with E-state index in [9.17, 15) is 9.90 Å². The van der Waals surface area contributed by atoms with E-state index in [0.717, 1.165) is 14.9 Å². The van der Waals surface area contributed by atoms with Crippen molar-refractivity contribution in [1.82, 2.24) is 0 Å². The summed E-state index contributed by atoms with van der Waals surface area (Å²) in [5.74, 6) is 0.873. The molecule has 0 aliphatic rings. The number of aliphatic hydroxyl groups is 1. The molecule has 0 saturated heterocycles. The predicted octanol–water partition coefficient (Wildman–Crippen LogP) is 4.38. The second kappa shape index (κ2) is 9.11. The van der Waals surface area contributed by atoms with E-state index in [2.05, 4.69) is 21.2 Å². The molecule has 0 bridgehead atoms. The van der Waals surface area contributed by atoms with Gasteiger partial charge < -0.3 is 15.2 Å². The fourth-order valence-electron chi connectivity index (χ4n) is 2.19. The van der Waals surface area contributed by atoms with Gasteiger partial charge in [0.1, 0.15) is 5.75 Å². The van der Waals surface area contributed by atoms with E-state index >= 15 is 0 Å². The lowest BCUT2D eigenvalue weighted by Crippen LogP contribution is -2.14. The summed E-state index contributed by atoms with van der Waals surface area (Å²) in [6.45, 7) is 4.30. The number of aliphatic hydroxyl groups excluding tert-OH is 1. The van der Waals surface area contributed by atoms with E-state index in [4.69, 9.17) is 4.74 Å². The average molecular weight is 410 g/mol. The van der Waals surface area contributed by atoms with E-state index in [1.807, 2.05) is 32.0 Å². The Bertz CT molecular complexity index is 721. The zero-order valence-corrected chi connectivity index (χ0v) is 16.0. The number of hydrogen-bond acceptors (Lipinski definition) is 4. The topological polar surface area (TPSA) is 58.6 Å². The zero-order chi connectivity index (χ0) is 17.5. The van der Waals surface area contributed by atoms with Gasteiger partial charge in [-0.25, -0.2) is 0 Å². The Hall–Kier alpha value is -1.50. The molecule has 0 atom stereocenters. The van der Waals surface area contributed by atoms with Gasteiger partial charge >= 0.3 is 0 Å². The molecule has 0 radical (unpaired) electrons. The van der Waals surface area contributed by atoms with Crippen molar-refractivity contribution in [2.75, 3.05) is 17.7 Å². The third-order valence-corrected chi connectivity index (χ3v) is 4.98. The molecule has 0 saturated carbocycles. The normalized spacial score (nSPS) is 10.5. The van der Waals surface area contributed by atoms with Gasteiger partial charge in [0.15, 0.2) is 0 Å². The van der Waals surface area contributed by atoms with Crippen LogP contribution in [0, 0.1) is 6.92 Å². The fraction of sp³-hybridized carbons (Fsp3) is 0.278. The molecule has 2 N–H and O–H groups in total. The number of ether oxygens (including phenoxy) is 1. The number of amides is 1. The first-order valence-electron chi connectivity index (χ1n) is 7.59. The Morgan fingerprint density at radius 3 is 2.75 bits per heavy atom. The minimum atomic E-state index is -0.133. The molecule has 1 amide bonds. The Balaban J connectivity index is 1.96. The van der Waals surface area contributed by atoms with Crippen LogP contribution in [0.1, 0.15) is 18.1 Å². The quantitative estimate of drug-likeness (QED) is 0.666. The van der Waals surface area contributed by atoms with E-state index < -0.39 is 0 Å². The second-order valence-electron chi connectivity index (χ2n) is 5.16. The van der Waals surface area contributed by atoms with Gasteiger partial charge in [0, 0.05) is 20.6 Å². The molecule has 6 heteroatoms. The number of benzene rings is 2. The van der Waals surface area contributed by atoms with E-state index in [-0.39, 0.29) is 12.5 Å². The highest BCUT2D eigenvalue weighted by Gasteiger charge is 2.09. The summed E-state index contributed by atoms with van der Waals surface area (Å²) in [6.07, 6.45) is 0. The first kappa shape index (κ1) is 18.8. The monoisotopic (exact) mass is 409 g/mol. The highest BCUT2D eigenvalue weighted by Crippen LogP contribution is 2.26. The fourth-order valence-corrected chi connectivity index (χ4v) is 3.48. The zero-order valence-electron chi connectivity index (χ0n) is 13.6. The molecule has 2 aromatic rings. The van der Waals surface area contributed by atoms with Gasteiger partial charge in [-0.3, -0.25) is 4.79 Å². The highest BCUT2D eigenvalue weighted by atomic mass is 79.9. The van der Waals surface area contributed by atoms with Crippen molar-refractivity contribution in [3.05, 3.63) is 52.0 Å². The van der Waals surface area contributed by atoms with Crippen LogP contribution in [0.2, 0.25) is 0 Å². The van der Waals surface area contributed by atoms with Gasteiger partial charge in [0.05, 0.1) is 19.0 Å². The van der Waals surface area contributed by atoms with Crippen molar-refractivity contribution in [2.24, 2.45) is 0 Å². The van der Waals surface area contributed by atoms with Crippen LogP contribution in [0.3, 0.4) is 0 Å². The van der Waals surface area contributed by atoms with Crippen molar-refractivity contribution in [2.45, 2.75) is 25.3 Å². The molecule has 2 aromatic carbocycles. The maximum absolute atomic E-state index is 12.1. The number of hydrogen-bond donors (Lipinski definition) is 2. The van der Waals surface area contributed by atoms with Gasteiger partial charge in [-0.2, -0.15) is 0 Å². The molecule has 0 unspecified atom stereocenters. The van der Waals surface area contributed by atoms with Crippen molar-refractivity contribution in [3.63, 3.8) is 0 Å². The maximum Gasteiger partial charge on any atom is 0.234 e. The van der Waals surface area contributed by atoms with Crippen molar-refractivity contribution < 1.29 is 14.6 Å². The lowest BCUT2D eigenvalue weighted by molar-refractivity contribution is -0.113. The molecule has 4 nitrogen and oxygen atoms in total. The Labute approximate surface area is 154 Å². The van der Waals surface area contributed by atoms with Crippen molar-refractivity contribution in [1.29, 1.82) is 0 Å². The van der Waals surface area contributed by atoms with Crippen LogP contribution in [-0.4, -0.2) is 23.4 Å². The summed E-state index contributed by atoms with van der Waals surface area (Å²) in [5.41, 5.74) is 2.44. The molecular formula is C18H20BrNO3S. The van der Waals surface area contributed by atoms with Gasteiger partial charge in [0.25, 0.3) is 0 Å². The summed E-state index contributed by atoms with van der Waals surface area (Å²) in [5, 5.41) is 12.3. The molecule has 0 aromatic heterocycles. The number of carbonyl (C=O) groups excluding carboxylic acids is 1. The first-order valence-corrected chi connectivity index (χ1v) is 9.36. The predicted molar refractivity (Wildman–Crippen MR) is 102 cm³/mol. The summed E-state index contributed by atoms with van der Waals surface area (Å²) < 4.78 is 6.46. The Morgan fingerprint density at radius 1 is 1.29 bits per heavy atom. The van der Waals surface area contributed by atoms with Crippen LogP contribution in [0.4, 0.5) is 5.69 Å². The van der Waals surface area contributed by atoms with Crippen LogP contribution < -0.4 is 10.1 Å². The smallest absolute Gasteiger partial charge is 0.234 e. The van der Waals surface area contributed by atoms with Gasteiger partial charge in [-0.05, 0) is 55.8 Å². The van der Waals surface area contributed by atoms with Crippen LogP contribution >= 0.6 is 27.7 Å². The van der Waals surface area contributed by atoms with E-state index in [0.29, 0.717) is 29.4 Å². The molecular weight excluding hydrogens is 390 g/mol.